The van der Waals surface area contributed by atoms with Crippen molar-refractivity contribution in [1.29, 1.82) is 0 Å². The summed E-state index contributed by atoms with van der Waals surface area (Å²) in [4.78, 5) is 12.4. The fourth-order valence-corrected chi connectivity index (χ4v) is 4.68. The highest BCUT2D eigenvalue weighted by atomic mass is 32.2. The van der Waals surface area contributed by atoms with Crippen molar-refractivity contribution in [3.05, 3.63) is 95.1 Å². The molecule has 0 aromatic heterocycles. The minimum absolute atomic E-state index is 0.262. The fraction of sp³-hybridized carbons (Fsp3) is 0.136. The largest absolute Gasteiger partial charge is 0.497 e. The van der Waals surface area contributed by atoms with Crippen LogP contribution < -0.4 is 10.1 Å². The summed E-state index contributed by atoms with van der Waals surface area (Å²) < 4.78 is 44.3. The van der Waals surface area contributed by atoms with Gasteiger partial charge in [0, 0.05) is 16.0 Å². The van der Waals surface area contributed by atoms with Crippen molar-refractivity contribution >= 4 is 17.7 Å². The Hall–Kier alpha value is -2.93. The Morgan fingerprint density at radius 2 is 1.59 bits per heavy atom. The van der Waals surface area contributed by atoms with Crippen LogP contribution in [0, 0.1) is 0 Å². The van der Waals surface area contributed by atoms with Crippen LogP contribution in [-0.2, 0) is 11.0 Å². The maximum Gasteiger partial charge on any atom is 0.416 e. The second-order valence-corrected chi connectivity index (χ2v) is 7.82. The van der Waals surface area contributed by atoms with E-state index in [2.05, 4.69) is 5.32 Å². The number of hydrogen-bond donors (Lipinski definition) is 1. The highest BCUT2D eigenvalue weighted by Crippen LogP contribution is 2.49. The molecule has 1 aliphatic rings. The first kappa shape index (κ1) is 19.4. The van der Waals surface area contributed by atoms with Crippen molar-refractivity contribution in [2.75, 3.05) is 7.11 Å². The van der Waals surface area contributed by atoms with E-state index in [4.69, 9.17) is 4.74 Å². The number of alkyl halides is 3. The van der Waals surface area contributed by atoms with Gasteiger partial charge in [-0.1, -0.05) is 42.1 Å². The van der Waals surface area contributed by atoms with E-state index in [1.54, 1.807) is 31.4 Å². The standard InChI is InChI=1S/C22H16F3NO2S/c1-28-16-10-12-17(13-11-16)29-21(14-6-8-15(9-7-14)22(23,24)25)19-5-3-2-4-18(19)20(27)26-21/h2-13H,1H3,(H,26,27)/t21-/m1/s1. The van der Waals surface area contributed by atoms with Gasteiger partial charge in [-0.25, -0.2) is 0 Å². The molecule has 1 heterocycles. The third kappa shape index (κ3) is 3.46. The number of rotatable bonds is 4. The van der Waals surface area contributed by atoms with E-state index >= 15 is 0 Å². The fourth-order valence-electron chi connectivity index (χ4n) is 3.36. The number of ether oxygens (including phenoxy) is 1. The summed E-state index contributed by atoms with van der Waals surface area (Å²) in [6, 6.07) is 19.3. The molecule has 7 heteroatoms. The zero-order chi connectivity index (χ0) is 20.6. The van der Waals surface area contributed by atoms with Gasteiger partial charge < -0.3 is 10.1 Å². The highest BCUT2D eigenvalue weighted by molar-refractivity contribution is 8.00. The van der Waals surface area contributed by atoms with E-state index in [-0.39, 0.29) is 5.91 Å². The Morgan fingerprint density at radius 3 is 2.21 bits per heavy atom. The summed E-state index contributed by atoms with van der Waals surface area (Å²) in [6.45, 7) is 0. The van der Waals surface area contributed by atoms with Gasteiger partial charge in [0.15, 0.2) is 0 Å². The smallest absolute Gasteiger partial charge is 0.416 e. The van der Waals surface area contributed by atoms with Gasteiger partial charge in [-0.3, -0.25) is 4.79 Å². The molecule has 1 N–H and O–H groups in total. The molecule has 3 nitrogen and oxygen atoms in total. The Bertz CT molecular complexity index is 1050. The molecule has 4 rings (SSSR count). The molecule has 0 saturated carbocycles. The third-order valence-electron chi connectivity index (χ3n) is 4.79. The first-order valence-corrected chi connectivity index (χ1v) is 9.58. The molecule has 0 radical (unpaired) electrons. The quantitative estimate of drug-likeness (QED) is 0.616. The van der Waals surface area contributed by atoms with Gasteiger partial charge in [-0.2, -0.15) is 13.2 Å². The second kappa shape index (κ2) is 7.15. The average Bonchev–Trinajstić information content (AvgIpc) is 3.01. The minimum atomic E-state index is -4.42. The minimum Gasteiger partial charge on any atom is -0.497 e. The van der Waals surface area contributed by atoms with Crippen LogP contribution in [0.4, 0.5) is 13.2 Å². The average molecular weight is 415 g/mol. The topological polar surface area (TPSA) is 38.3 Å². The summed E-state index contributed by atoms with van der Waals surface area (Å²) >= 11 is 1.36. The van der Waals surface area contributed by atoms with Gasteiger partial charge in [0.1, 0.15) is 10.6 Å². The molecule has 1 amide bonds. The van der Waals surface area contributed by atoms with Crippen molar-refractivity contribution in [2.45, 2.75) is 15.9 Å². The van der Waals surface area contributed by atoms with Gasteiger partial charge in [-0.15, -0.1) is 0 Å². The van der Waals surface area contributed by atoms with Crippen molar-refractivity contribution in [1.82, 2.24) is 5.32 Å². The second-order valence-electron chi connectivity index (χ2n) is 6.53. The zero-order valence-electron chi connectivity index (χ0n) is 15.3. The van der Waals surface area contributed by atoms with E-state index in [0.29, 0.717) is 22.4 Å². The van der Waals surface area contributed by atoms with Crippen molar-refractivity contribution in [2.24, 2.45) is 0 Å². The van der Waals surface area contributed by atoms with E-state index in [1.165, 1.54) is 23.9 Å². The molecule has 0 aliphatic carbocycles. The summed E-state index contributed by atoms with van der Waals surface area (Å²) in [6.07, 6.45) is -4.42. The lowest BCUT2D eigenvalue weighted by Gasteiger charge is -2.31. The van der Waals surface area contributed by atoms with E-state index < -0.39 is 16.6 Å². The van der Waals surface area contributed by atoms with Crippen LogP contribution in [0.5, 0.6) is 5.75 Å². The molecular weight excluding hydrogens is 399 g/mol. The number of fused-ring (bicyclic) bond motifs is 1. The lowest BCUT2D eigenvalue weighted by molar-refractivity contribution is -0.137. The SMILES string of the molecule is COc1ccc(S[C@@]2(c3ccc(C(F)(F)F)cc3)NC(=O)c3ccccc32)cc1. The van der Waals surface area contributed by atoms with Crippen LogP contribution in [0.2, 0.25) is 0 Å². The molecule has 3 aromatic carbocycles. The number of carbonyl (C=O) groups is 1. The number of hydrogen-bond acceptors (Lipinski definition) is 3. The van der Waals surface area contributed by atoms with Gasteiger partial charge in [0.05, 0.1) is 12.7 Å². The Balaban J connectivity index is 1.83. The molecule has 148 valence electrons. The molecule has 3 aromatic rings. The molecule has 0 fully saturated rings. The van der Waals surface area contributed by atoms with Crippen LogP contribution >= 0.6 is 11.8 Å². The number of nitrogens with one attached hydrogen (secondary N) is 1. The number of benzene rings is 3. The molecule has 1 aliphatic heterocycles. The summed E-state index contributed by atoms with van der Waals surface area (Å²) in [7, 11) is 1.57. The van der Waals surface area contributed by atoms with Crippen LogP contribution in [0.25, 0.3) is 0 Å². The third-order valence-corrected chi connectivity index (χ3v) is 6.16. The summed E-state index contributed by atoms with van der Waals surface area (Å²) in [5, 5.41) is 3.00. The van der Waals surface area contributed by atoms with Gasteiger partial charge in [0.25, 0.3) is 5.91 Å². The Kier molecular flexibility index (Phi) is 4.78. The van der Waals surface area contributed by atoms with Gasteiger partial charge in [0.2, 0.25) is 0 Å². The van der Waals surface area contributed by atoms with Crippen LogP contribution in [-0.4, -0.2) is 13.0 Å². The van der Waals surface area contributed by atoms with Crippen LogP contribution in [0.1, 0.15) is 27.0 Å². The van der Waals surface area contributed by atoms with Crippen molar-refractivity contribution in [3.63, 3.8) is 0 Å². The predicted molar refractivity (Wildman–Crippen MR) is 105 cm³/mol. The molecule has 0 spiro atoms. The summed E-state index contributed by atoms with van der Waals surface area (Å²) in [5.74, 6) is 0.426. The number of thioether (sulfide) groups is 1. The molecular formula is C22H16F3NO2S. The normalized spacial score (nSPS) is 18.3. The first-order valence-electron chi connectivity index (χ1n) is 8.76. The monoisotopic (exact) mass is 415 g/mol. The number of halogens is 3. The predicted octanol–water partition coefficient (Wildman–Crippen LogP) is 5.45. The van der Waals surface area contributed by atoms with Crippen LogP contribution in [0.15, 0.2) is 77.7 Å². The van der Waals surface area contributed by atoms with Crippen molar-refractivity contribution < 1.29 is 22.7 Å². The molecule has 29 heavy (non-hydrogen) atoms. The lowest BCUT2D eigenvalue weighted by Crippen LogP contribution is -2.37. The Morgan fingerprint density at radius 1 is 0.931 bits per heavy atom. The molecule has 1 atom stereocenters. The number of amides is 1. The first-order chi connectivity index (χ1) is 13.8. The van der Waals surface area contributed by atoms with Gasteiger partial charge >= 0.3 is 6.18 Å². The lowest BCUT2D eigenvalue weighted by atomic mass is 9.96. The molecule has 0 saturated heterocycles. The van der Waals surface area contributed by atoms with Gasteiger partial charge in [-0.05, 0) is 48.0 Å². The molecule has 0 unspecified atom stereocenters. The zero-order valence-corrected chi connectivity index (χ0v) is 16.1. The molecule has 0 bridgehead atoms. The summed E-state index contributed by atoms with van der Waals surface area (Å²) in [5.41, 5.74) is 1.05. The van der Waals surface area contributed by atoms with Crippen LogP contribution in [0.3, 0.4) is 0 Å². The highest BCUT2D eigenvalue weighted by Gasteiger charge is 2.45. The van der Waals surface area contributed by atoms with E-state index in [9.17, 15) is 18.0 Å². The number of methoxy groups -OCH3 is 1. The van der Waals surface area contributed by atoms with Crippen molar-refractivity contribution in [3.8, 4) is 5.75 Å². The van der Waals surface area contributed by atoms with E-state index in [0.717, 1.165) is 17.0 Å². The number of carbonyl (C=O) groups excluding carboxylic acids is 1. The Labute approximate surface area is 169 Å². The maximum atomic E-state index is 13.0. The maximum absolute atomic E-state index is 13.0. The van der Waals surface area contributed by atoms with E-state index in [1.807, 2.05) is 24.3 Å².